The largest absolute Gasteiger partial charge is 0.326 e. The lowest BCUT2D eigenvalue weighted by atomic mass is 9.84. The summed E-state index contributed by atoms with van der Waals surface area (Å²) in [5.41, 5.74) is 2.10. The lowest BCUT2D eigenvalue weighted by Gasteiger charge is -2.32. The van der Waals surface area contributed by atoms with Gasteiger partial charge in [-0.2, -0.15) is 4.31 Å². The van der Waals surface area contributed by atoms with Gasteiger partial charge in [0, 0.05) is 42.3 Å². The molecule has 1 atom stereocenters. The number of hydrogen-bond acceptors (Lipinski definition) is 4. The molecule has 1 aliphatic carbocycles. The smallest absolute Gasteiger partial charge is 0.243 e. The molecule has 2 aromatic rings. The molecule has 2 amide bonds. The predicted molar refractivity (Wildman–Crippen MR) is 131 cm³/mol. The molecule has 9 heteroatoms. The molecule has 186 valence electrons. The van der Waals surface area contributed by atoms with E-state index in [0.29, 0.717) is 24.9 Å². The Bertz CT molecular complexity index is 1250. The number of nitrogens with zero attached hydrogens (tertiary/aromatic N) is 2. The van der Waals surface area contributed by atoms with Gasteiger partial charge in [-0.3, -0.25) is 9.59 Å². The maximum Gasteiger partial charge on any atom is 0.243 e. The van der Waals surface area contributed by atoms with E-state index in [1.165, 1.54) is 22.5 Å². The number of rotatable bonds is 5. The second kappa shape index (κ2) is 9.35. The number of piperidine rings is 1. The molecular formula is C26H30FN3O4S. The van der Waals surface area contributed by atoms with Gasteiger partial charge in [0.15, 0.2) is 0 Å². The highest BCUT2D eigenvalue weighted by Gasteiger charge is 2.38. The van der Waals surface area contributed by atoms with Gasteiger partial charge in [0.25, 0.3) is 0 Å². The van der Waals surface area contributed by atoms with E-state index in [-0.39, 0.29) is 47.7 Å². The number of nitrogens with one attached hydrogen (secondary N) is 1. The Kier molecular flexibility index (Phi) is 6.40. The average molecular weight is 500 g/mol. The van der Waals surface area contributed by atoms with Crippen molar-refractivity contribution >= 4 is 33.2 Å². The molecule has 0 bridgehead atoms. The molecule has 2 fully saturated rings. The maximum absolute atomic E-state index is 13.4. The third-order valence-corrected chi connectivity index (χ3v) is 9.41. The fraction of sp³-hybridized carbons (Fsp3) is 0.462. The first-order valence-electron chi connectivity index (χ1n) is 12.3. The van der Waals surface area contributed by atoms with Crippen LogP contribution in [-0.4, -0.2) is 43.7 Å². The molecule has 1 saturated heterocycles. The zero-order valence-corrected chi connectivity index (χ0v) is 20.6. The minimum atomic E-state index is -3.71. The van der Waals surface area contributed by atoms with Crippen LogP contribution in [0.3, 0.4) is 0 Å². The summed E-state index contributed by atoms with van der Waals surface area (Å²) in [5.74, 6) is -0.752. The van der Waals surface area contributed by atoms with Crippen molar-refractivity contribution in [2.24, 2.45) is 11.8 Å². The number of fused-ring (bicyclic) bond motifs is 1. The van der Waals surface area contributed by atoms with Crippen molar-refractivity contribution < 1.29 is 22.4 Å². The van der Waals surface area contributed by atoms with Crippen LogP contribution in [0.5, 0.6) is 0 Å². The van der Waals surface area contributed by atoms with Gasteiger partial charge < -0.3 is 10.2 Å². The molecule has 1 saturated carbocycles. The number of benzene rings is 2. The molecule has 7 nitrogen and oxygen atoms in total. The number of sulfonamides is 1. The van der Waals surface area contributed by atoms with Crippen molar-refractivity contribution in [1.29, 1.82) is 0 Å². The van der Waals surface area contributed by atoms with E-state index >= 15 is 0 Å². The van der Waals surface area contributed by atoms with Crippen molar-refractivity contribution in [2.45, 2.75) is 56.4 Å². The summed E-state index contributed by atoms with van der Waals surface area (Å²) >= 11 is 0. The van der Waals surface area contributed by atoms with E-state index in [1.807, 2.05) is 11.8 Å². The summed E-state index contributed by atoms with van der Waals surface area (Å²) in [6.45, 7) is 2.48. The zero-order valence-electron chi connectivity index (χ0n) is 19.7. The quantitative estimate of drug-likeness (QED) is 0.675. The van der Waals surface area contributed by atoms with Crippen LogP contribution in [0.25, 0.3) is 0 Å². The number of halogens is 1. The molecule has 2 heterocycles. The number of carbonyl (C=O) groups excluding carboxylic acids is 2. The Morgan fingerprint density at radius 1 is 1.00 bits per heavy atom. The molecule has 2 aromatic carbocycles. The first kappa shape index (κ1) is 23.9. The van der Waals surface area contributed by atoms with Crippen LogP contribution in [-0.2, 0) is 26.0 Å². The summed E-state index contributed by atoms with van der Waals surface area (Å²) in [4.78, 5) is 27.6. The maximum atomic E-state index is 13.4. The molecule has 0 unspecified atom stereocenters. The Labute approximate surface area is 205 Å². The fourth-order valence-corrected chi connectivity index (χ4v) is 6.79. The minimum Gasteiger partial charge on any atom is -0.326 e. The molecule has 3 aliphatic rings. The standard InChI is InChI=1S/C26H30FN3O4S/c1-17-14-20-15-23(8-9-24(20)30(17)26(32)19-4-2-5-19)35(33,34)29-12-10-18(11-13-29)25(31)28-22-7-3-6-21(27)16-22/h3,6-9,15-19H,2,4-5,10-14H2,1H3,(H,28,31)/t17-/m1/s1. The van der Waals surface area contributed by atoms with Gasteiger partial charge >= 0.3 is 0 Å². The normalized spacial score (nSPS) is 21.4. The van der Waals surface area contributed by atoms with Crippen LogP contribution >= 0.6 is 0 Å². The van der Waals surface area contributed by atoms with E-state index in [1.54, 1.807) is 24.3 Å². The summed E-state index contributed by atoms with van der Waals surface area (Å²) in [6.07, 6.45) is 4.38. The van der Waals surface area contributed by atoms with Crippen LogP contribution in [0.4, 0.5) is 15.8 Å². The van der Waals surface area contributed by atoms with Crippen molar-refractivity contribution in [1.82, 2.24) is 4.31 Å². The van der Waals surface area contributed by atoms with Gasteiger partial charge in [-0.25, -0.2) is 12.8 Å². The highest BCUT2D eigenvalue weighted by Crippen LogP contribution is 2.38. The van der Waals surface area contributed by atoms with E-state index < -0.39 is 15.8 Å². The molecule has 1 N–H and O–H groups in total. The Morgan fingerprint density at radius 3 is 2.40 bits per heavy atom. The average Bonchev–Trinajstić information content (AvgIpc) is 3.13. The first-order valence-corrected chi connectivity index (χ1v) is 13.7. The number of carbonyl (C=O) groups is 2. The SMILES string of the molecule is C[C@@H]1Cc2cc(S(=O)(=O)N3CCC(C(=O)Nc4cccc(F)c4)CC3)ccc2N1C(=O)C1CCC1. The third kappa shape index (κ3) is 4.59. The molecule has 5 rings (SSSR count). The van der Waals surface area contributed by atoms with Gasteiger partial charge in [-0.15, -0.1) is 0 Å². The van der Waals surface area contributed by atoms with Crippen molar-refractivity contribution in [3.63, 3.8) is 0 Å². The van der Waals surface area contributed by atoms with Crippen LogP contribution < -0.4 is 10.2 Å². The van der Waals surface area contributed by atoms with Crippen LogP contribution in [0.2, 0.25) is 0 Å². The van der Waals surface area contributed by atoms with Crippen LogP contribution in [0.1, 0.15) is 44.6 Å². The summed E-state index contributed by atoms with van der Waals surface area (Å²) in [7, 11) is -3.71. The second-order valence-corrected chi connectivity index (χ2v) is 11.8. The number of amides is 2. The molecular weight excluding hydrogens is 469 g/mol. The molecule has 2 aliphatic heterocycles. The Morgan fingerprint density at radius 2 is 1.74 bits per heavy atom. The fourth-order valence-electron chi connectivity index (χ4n) is 5.27. The van der Waals surface area contributed by atoms with E-state index in [4.69, 9.17) is 0 Å². The topological polar surface area (TPSA) is 86.8 Å². The summed E-state index contributed by atoms with van der Waals surface area (Å²) in [5, 5.41) is 2.72. The number of anilines is 2. The van der Waals surface area contributed by atoms with Gasteiger partial charge in [-0.05, 0) is 81.0 Å². The van der Waals surface area contributed by atoms with Gasteiger partial charge in [0.1, 0.15) is 5.82 Å². The monoisotopic (exact) mass is 499 g/mol. The van der Waals surface area contributed by atoms with E-state index in [0.717, 1.165) is 30.5 Å². The zero-order chi connectivity index (χ0) is 24.7. The van der Waals surface area contributed by atoms with Gasteiger partial charge in [0.05, 0.1) is 4.90 Å². The highest BCUT2D eigenvalue weighted by molar-refractivity contribution is 7.89. The van der Waals surface area contributed by atoms with E-state index in [9.17, 15) is 22.4 Å². The Balaban J connectivity index is 1.25. The van der Waals surface area contributed by atoms with Crippen molar-refractivity contribution in [2.75, 3.05) is 23.3 Å². The van der Waals surface area contributed by atoms with E-state index in [2.05, 4.69) is 5.32 Å². The minimum absolute atomic E-state index is 0.0170. The molecule has 35 heavy (non-hydrogen) atoms. The lowest BCUT2D eigenvalue weighted by Crippen LogP contribution is -2.42. The van der Waals surface area contributed by atoms with Crippen molar-refractivity contribution in [3.05, 3.63) is 53.8 Å². The predicted octanol–water partition coefficient (Wildman–Crippen LogP) is 3.94. The molecule has 0 aromatic heterocycles. The third-order valence-electron chi connectivity index (χ3n) is 7.51. The van der Waals surface area contributed by atoms with Gasteiger partial charge in [0.2, 0.25) is 21.8 Å². The second-order valence-electron chi connectivity index (χ2n) is 9.86. The van der Waals surface area contributed by atoms with Crippen LogP contribution in [0, 0.1) is 17.7 Å². The van der Waals surface area contributed by atoms with Crippen LogP contribution in [0.15, 0.2) is 47.4 Å². The lowest BCUT2D eigenvalue weighted by molar-refractivity contribution is -0.125. The molecule has 0 spiro atoms. The molecule has 0 radical (unpaired) electrons. The summed E-state index contributed by atoms with van der Waals surface area (Å²) in [6, 6.07) is 10.8. The van der Waals surface area contributed by atoms with Gasteiger partial charge in [-0.1, -0.05) is 12.5 Å². The van der Waals surface area contributed by atoms with Crippen molar-refractivity contribution in [3.8, 4) is 0 Å². The summed E-state index contributed by atoms with van der Waals surface area (Å²) < 4.78 is 41.5. The Hall–Kier alpha value is -2.78. The number of hydrogen-bond donors (Lipinski definition) is 1. The first-order chi connectivity index (χ1) is 16.7. The highest BCUT2D eigenvalue weighted by atomic mass is 32.2.